The lowest BCUT2D eigenvalue weighted by Gasteiger charge is -2.20. The van der Waals surface area contributed by atoms with Crippen LogP contribution in [-0.2, 0) is 10.8 Å². The Kier molecular flexibility index (Phi) is 4.08. The number of aliphatic hydroxyl groups is 1. The summed E-state index contributed by atoms with van der Waals surface area (Å²) < 4.78 is 10.9. The molecule has 1 rings (SSSR count). The number of rotatable bonds is 3. The second kappa shape index (κ2) is 4.88. The lowest BCUT2D eigenvalue weighted by molar-refractivity contribution is 0.268. The molecule has 11 heavy (non-hydrogen) atoms. The molecule has 0 amide bonds. The summed E-state index contributed by atoms with van der Waals surface area (Å²) in [6.45, 7) is 0.305. The van der Waals surface area contributed by atoms with Crippen molar-refractivity contribution in [2.45, 2.75) is 25.7 Å². The molecule has 1 aliphatic rings. The SMILES string of the molecule is O=S1CCC(CCCO)CC1. The zero-order chi connectivity index (χ0) is 8.10. The van der Waals surface area contributed by atoms with Crippen molar-refractivity contribution in [1.82, 2.24) is 0 Å². The highest BCUT2D eigenvalue weighted by Gasteiger charge is 2.16. The molecule has 0 bridgehead atoms. The molecule has 0 aromatic carbocycles. The summed E-state index contributed by atoms with van der Waals surface area (Å²) in [6, 6.07) is 0. The van der Waals surface area contributed by atoms with Crippen LogP contribution in [0, 0.1) is 5.92 Å². The molecule has 1 saturated heterocycles. The first-order valence-corrected chi connectivity index (χ1v) is 5.77. The van der Waals surface area contributed by atoms with Gasteiger partial charge in [0, 0.05) is 28.9 Å². The van der Waals surface area contributed by atoms with E-state index >= 15 is 0 Å². The monoisotopic (exact) mass is 176 g/mol. The van der Waals surface area contributed by atoms with Gasteiger partial charge in [-0.15, -0.1) is 0 Å². The standard InChI is InChI=1S/C8H16O2S/c9-5-1-2-8-3-6-11(10)7-4-8/h8-9H,1-7H2. The molecule has 1 fully saturated rings. The third-order valence-corrected chi connectivity index (χ3v) is 3.66. The highest BCUT2D eigenvalue weighted by molar-refractivity contribution is 7.85. The first kappa shape index (κ1) is 9.20. The zero-order valence-electron chi connectivity index (χ0n) is 6.79. The quantitative estimate of drug-likeness (QED) is 0.694. The van der Waals surface area contributed by atoms with E-state index in [9.17, 15) is 4.21 Å². The van der Waals surface area contributed by atoms with Gasteiger partial charge >= 0.3 is 0 Å². The van der Waals surface area contributed by atoms with Crippen LogP contribution in [0.3, 0.4) is 0 Å². The van der Waals surface area contributed by atoms with Crippen molar-refractivity contribution in [1.29, 1.82) is 0 Å². The molecule has 66 valence electrons. The lowest BCUT2D eigenvalue weighted by atomic mass is 9.97. The summed E-state index contributed by atoms with van der Waals surface area (Å²) in [4.78, 5) is 0. The second-order valence-electron chi connectivity index (χ2n) is 3.16. The Morgan fingerprint density at radius 3 is 2.55 bits per heavy atom. The summed E-state index contributed by atoms with van der Waals surface area (Å²) in [7, 11) is -0.529. The van der Waals surface area contributed by atoms with E-state index in [0.717, 1.165) is 43.1 Å². The fourth-order valence-corrected chi connectivity index (χ4v) is 2.91. The fraction of sp³-hybridized carbons (Fsp3) is 1.00. The van der Waals surface area contributed by atoms with Gasteiger partial charge in [0.05, 0.1) is 0 Å². The molecule has 0 saturated carbocycles. The number of hydrogen-bond acceptors (Lipinski definition) is 2. The average molecular weight is 176 g/mol. The molecule has 0 aromatic heterocycles. The van der Waals surface area contributed by atoms with E-state index in [0.29, 0.717) is 6.61 Å². The van der Waals surface area contributed by atoms with Crippen LogP contribution in [-0.4, -0.2) is 27.4 Å². The van der Waals surface area contributed by atoms with Crippen molar-refractivity contribution < 1.29 is 9.32 Å². The minimum absolute atomic E-state index is 0.305. The lowest BCUT2D eigenvalue weighted by Crippen LogP contribution is -2.18. The first-order valence-electron chi connectivity index (χ1n) is 4.28. The van der Waals surface area contributed by atoms with Gasteiger partial charge in [-0.2, -0.15) is 0 Å². The van der Waals surface area contributed by atoms with Crippen LogP contribution >= 0.6 is 0 Å². The minimum Gasteiger partial charge on any atom is -0.396 e. The molecule has 0 spiro atoms. The van der Waals surface area contributed by atoms with Gasteiger partial charge in [-0.05, 0) is 31.6 Å². The van der Waals surface area contributed by atoms with Gasteiger partial charge in [0.2, 0.25) is 0 Å². The van der Waals surface area contributed by atoms with Gasteiger partial charge < -0.3 is 5.11 Å². The summed E-state index contributed by atoms with van der Waals surface area (Å²) in [5, 5.41) is 8.59. The van der Waals surface area contributed by atoms with Crippen LogP contribution in [0.1, 0.15) is 25.7 Å². The van der Waals surface area contributed by atoms with Gasteiger partial charge in [-0.1, -0.05) is 0 Å². The molecule has 3 heteroatoms. The fourth-order valence-electron chi connectivity index (χ4n) is 1.51. The summed E-state index contributed by atoms with van der Waals surface area (Å²) in [5.41, 5.74) is 0. The molecule has 0 radical (unpaired) electrons. The van der Waals surface area contributed by atoms with Crippen LogP contribution < -0.4 is 0 Å². The molecule has 0 unspecified atom stereocenters. The Morgan fingerprint density at radius 2 is 2.00 bits per heavy atom. The minimum atomic E-state index is -0.529. The molecule has 2 nitrogen and oxygen atoms in total. The highest BCUT2D eigenvalue weighted by atomic mass is 32.2. The first-order chi connectivity index (χ1) is 5.33. The van der Waals surface area contributed by atoms with Gasteiger partial charge in [-0.25, -0.2) is 0 Å². The van der Waals surface area contributed by atoms with Crippen molar-refractivity contribution in [3.05, 3.63) is 0 Å². The Morgan fingerprint density at radius 1 is 1.36 bits per heavy atom. The summed E-state index contributed by atoms with van der Waals surface area (Å²) >= 11 is 0. The van der Waals surface area contributed by atoms with Crippen LogP contribution in [0.25, 0.3) is 0 Å². The predicted molar refractivity (Wildman–Crippen MR) is 46.9 cm³/mol. The van der Waals surface area contributed by atoms with E-state index < -0.39 is 10.8 Å². The van der Waals surface area contributed by atoms with Gasteiger partial charge in [0.15, 0.2) is 0 Å². The maximum atomic E-state index is 10.9. The average Bonchev–Trinajstić information content (AvgIpc) is 2.04. The molecule has 0 aromatic rings. The van der Waals surface area contributed by atoms with E-state index in [-0.39, 0.29) is 0 Å². The van der Waals surface area contributed by atoms with Crippen LogP contribution in [0.2, 0.25) is 0 Å². The predicted octanol–water partition coefficient (Wildman–Crippen LogP) is 0.918. The summed E-state index contributed by atoms with van der Waals surface area (Å²) in [6.07, 6.45) is 4.24. The maximum Gasteiger partial charge on any atom is 0.0431 e. The number of hydrogen-bond donors (Lipinski definition) is 1. The normalized spacial score (nSPS) is 32.1. The van der Waals surface area contributed by atoms with E-state index in [1.807, 2.05) is 0 Å². The maximum absolute atomic E-state index is 10.9. The molecular formula is C8H16O2S. The number of aliphatic hydroxyl groups excluding tert-OH is 1. The Bertz CT molecular complexity index is 126. The van der Waals surface area contributed by atoms with E-state index in [1.165, 1.54) is 0 Å². The smallest absolute Gasteiger partial charge is 0.0431 e. The van der Waals surface area contributed by atoms with Crippen LogP contribution in [0.4, 0.5) is 0 Å². The van der Waals surface area contributed by atoms with Gasteiger partial charge in [-0.3, -0.25) is 4.21 Å². The van der Waals surface area contributed by atoms with Crippen molar-refractivity contribution in [3.8, 4) is 0 Å². The molecular weight excluding hydrogens is 160 g/mol. The Hall–Kier alpha value is 0.110. The van der Waals surface area contributed by atoms with Crippen LogP contribution in [0.5, 0.6) is 0 Å². The van der Waals surface area contributed by atoms with Crippen LogP contribution in [0.15, 0.2) is 0 Å². The summed E-state index contributed by atoms with van der Waals surface area (Å²) in [5.74, 6) is 2.51. The highest BCUT2D eigenvalue weighted by Crippen LogP contribution is 2.20. The van der Waals surface area contributed by atoms with Crippen molar-refractivity contribution in [3.63, 3.8) is 0 Å². The molecule has 1 aliphatic heterocycles. The van der Waals surface area contributed by atoms with Crippen molar-refractivity contribution in [2.24, 2.45) is 5.92 Å². The third kappa shape index (κ3) is 3.34. The van der Waals surface area contributed by atoms with E-state index in [4.69, 9.17) is 5.11 Å². The largest absolute Gasteiger partial charge is 0.396 e. The Labute approximate surface area is 70.5 Å². The molecule has 0 aliphatic carbocycles. The topological polar surface area (TPSA) is 37.3 Å². The van der Waals surface area contributed by atoms with E-state index in [2.05, 4.69) is 0 Å². The van der Waals surface area contributed by atoms with Gasteiger partial charge in [0.1, 0.15) is 0 Å². The molecule has 1 N–H and O–H groups in total. The third-order valence-electron chi connectivity index (χ3n) is 2.28. The zero-order valence-corrected chi connectivity index (χ0v) is 7.61. The molecule has 0 atom stereocenters. The van der Waals surface area contributed by atoms with Crippen molar-refractivity contribution >= 4 is 10.8 Å². The van der Waals surface area contributed by atoms with E-state index in [1.54, 1.807) is 0 Å². The Balaban J connectivity index is 2.12. The second-order valence-corrected chi connectivity index (χ2v) is 4.85. The van der Waals surface area contributed by atoms with Crippen molar-refractivity contribution in [2.75, 3.05) is 18.1 Å². The van der Waals surface area contributed by atoms with Gasteiger partial charge in [0.25, 0.3) is 0 Å². The molecule has 1 heterocycles.